The number of hydrogen-bond donors (Lipinski definition) is 2. The summed E-state index contributed by atoms with van der Waals surface area (Å²) in [5, 5.41) is 6.62. The lowest BCUT2D eigenvalue weighted by Gasteiger charge is -2.34. The smallest absolute Gasteiger partial charge is 0.351 e. The van der Waals surface area contributed by atoms with Crippen LogP contribution in [-0.2, 0) is 13.1 Å². The number of aromatic amines is 1. The number of aryl methyl sites for hydroxylation is 1. The van der Waals surface area contributed by atoms with Crippen LogP contribution in [0.2, 0.25) is 0 Å². The monoisotopic (exact) mass is 451 g/mol. The second-order valence-corrected chi connectivity index (χ2v) is 8.02. The Balaban J connectivity index is 1.61. The molecular weight excluding hydrogens is 430 g/mol. The number of benzene rings is 1. The van der Waals surface area contributed by atoms with Crippen LogP contribution in [0.3, 0.4) is 0 Å². The number of fused-ring (bicyclic) bond motifs is 2. The molecule has 2 N–H and O–H groups in total. The van der Waals surface area contributed by atoms with E-state index in [0.29, 0.717) is 22.2 Å². The molecule has 3 heterocycles. The summed E-state index contributed by atoms with van der Waals surface area (Å²) in [5.74, 6) is -1.65. The molecular formula is C21H21F4N5O2. The van der Waals surface area contributed by atoms with Crippen molar-refractivity contribution in [1.82, 2.24) is 25.0 Å². The highest BCUT2D eigenvalue weighted by Crippen LogP contribution is 2.27. The van der Waals surface area contributed by atoms with Crippen LogP contribution in [-0.4, -0.2) is 49.7 Å². The van der Waals surface area contributed by atoms with Gasteiger partial charge in [-0.2, -0.15) is 18.3 Å². The molecule has 2 amide bonds. The van der Waals surface area contributed by atoms with Crippen LogP contribution in [0.25, 0.3) is 10.9 Å². The van der Waals surface area contributed by atoms with Gasteiger partial charge in [0.05, 0.1) is 30.5 Å². The Morgan fingerprint density at radius 3 is 2.72 bits per heavy atom. The SMILES string of the molecule is Cc1c(F)ccc2[nH]c(C(=O)N3Cc4c(C(=O)N[C@H](C)C(F)(F)F)cnn4CC3C)cc12. The molecule has 0 saturated heterocycles. The lowest BCUT2D eigenvalue weighted by Crippen LogP contribution is -2.46. The van der Waals surface area contributed by atoms with Crippen molar-refractivity contribution in [3.8, 4) is 0 Å². The lowest BCUT2D eigenvalue weighted by atomic mass is 10.1. The van der Waals surface area contributed by atoms with Crippen LogP contribution in [0.5, 0.6) is 0 Å². The van der Waals surface area contributed by atoms with Gasteiger partial charge >= 0.3 is 6.18 Å². The molecule has 7 nitrogen and oxygen atoms in total. The topological polar surface area (TPSA) is 83.0 Å². The average molecular weight is 451 g/mol. The van der Waals surface area contributed by atoms with Gasteiger partial charge in [0.2, 0.25) is 0 Å². The summed E-state index contributed by atoms with van der Waals surface area (Å²) in [5.41, 5.74) is 1.62. The molecule has 0 aliphatic carbocycles. The van der Waals surface area contributed by atoms with Crippen LogP contribution in [0.4, 0.5) is 17.6 Å². The van der Waals surface area contributed by atoms with Crippen LogP contribution in [0, 0.1) is 12.7 Å². The van der Waals surface area contributed by atoms with Gasteiger partial charge in [0.25, 0.3) is 11.8 Å². The molecule has 0 saturated carbocycles. The van der Waals surface area contributed by atoms with E-state index in [1.807, 2.05) is 12.2 Å². The number of halogens is 4. The number of hydrogen-bond acceptors (Lipinski definition) is 3. The van der Waals surface area contributed by atoms with Crippen molar-refractivity contribution in [1.29, 1.82) is 0 Å². The molecule has 1 unspecified atom stereocenters. The Kier molecular flexibility index (Phi) is 5.22. The number of amides is 2. The minimum absolute atomic E-state index is 0.00807. The number of carbonyl (C=O) groups is 2. The van der Waals surface area contributed by atoms with E-state index in [0.717, 1.165) is 6.92 Å². The Morgan fingerprint density at radius 1 is 1.31 bits per heavy atom. The van der Waals surface area contributed by atoms with Gasteiger partial charge in [0.1, 0.15) is 17.6 Å². The molecule has 0 fully saturated rings. The van der Waals surface area contributed by atoms with E-state index in [1.54, 1.807) is 19.1 Å². The van der Waals surface area contributed by atoms with Gasteiger partial charge in [-0.1, -0.05) is 0 Å². The molecule has 11 heteroatoms. The Morgan fingerprint density at radius 2 is 2.03 bits per heavy atom. The molecule has 32 heavy (non-hydrogen) atoms. The zero-order chi connectivity index (χ0) is 23.4. The maximum Gasteiger partial charge on any atom is 0.408 e. The fraction of sp³-hybridized carbons (Fsp3) is 0.381. The highest BCUT2D eigenvalue weighted by Gasteiger charge is 2.38. The molecule has 1 aromatic carbocycles. The summed E-state index contributed by atoms with van der Waals surface area (Å²) < 4.78 is 53.9. The van der Waals surface area contributed by atoms with E-state index in [4.69, 9.17) is 0 Å². The first-order valence-corrected chi connectivity index (χ1v) is 9.98. The molecule has 0 spiro atoms. The minimum atomic E-state index is -4.58. The number of aromatic nitrogens is 3. The maximum absolute atomic E-state index is 13.9. The van der Waals surface area contributed by atoms with Crippen LogP contribution in [0.1, 0.15) is 46.0 Å². The summed E-state index contributed by atoms with van der Waals surface area (Å²) in [6.07, 6.45) is -3.36. The maximum atomic E-state index is 13.9. The lowest BCUT2D eigenvalue weighted by molar-refractivity contribution is -0.149. The van der Waals surface area contributed by atoms with Crippen LogP contribution >= 0.6 is 0 Å². The quantitative estimate of drug-likeness (QED) is 0.598. The summed E-state index contributed by atoms with van der Waals surface area (Å²) in [6, 6.07) is 2.13. The van der Waals surface area contributed by atoms with Crippen molar-refractivity contribution in [2.45, 2.75) is 52.1 Å². The van der Waals surface area contributed by atoms with Crippen molar-refractivity contribution in [2.24, 2.45) is 0 Å². The fourth-order valence-electron chi connectivity index (χ4n) is 3.81. The average Bonchev–Trinajstić information content (AvgIpc) is 3.33. The van der Waals surface area contributed by atoms with Gasteiger partial charge in [-0.3, -0.25) is 14.3 Å². The predicted molar refractivity (Wildman–Crippen MR) is 108 cm³/mol. The predicted octanol–water partition coefficient (Wildman–Crippen LogP) is 3.54. The van der Waals surface area contributed by atoms with E-state index in [9.17, 15) is 27.2 Å². The highest BCUT2D eigenvalue weighted by molar-refractivity contribution is 5.99. The normalized spacial score (nSPS) is 17.3. The second-order valence-electron chi connectivity index (χ2n) is 8.02. The molecule has 0 radical (unpaired) electrons. The number of H-pyrrole nitrogens is 1. The molecule has 4 rings (SSSR count). The minimum Gasteiger partial charge on any atom is -0.351 e. The van der Waals surface area contributed by atoms with Gasteiger partial charge in [0, 0.05) is 16.9 Å². The molecule has 0 bridgehead atoms. The van der Waals surface area contributed by atoms with E-state index in [2.05, 4.69) is 10.1 Å². The third kappa shape index (κ3) is 3.71. The van der Waals surface area contributed by atoms with Gasteiger partial charge in [0.15, 0.2) is 0 Å². The molecule has 1 aliphatic rings. The molecule has 2 aromatic heterocycles. The van der Waals surface area contributed by atoms with E-state index in [1.165, 1.54) is 21.8 Å². The number of rotatable bonds is 3. The zero-order valence-electron chi connectivity index (χ0n) is 17.5. The third-order valence-electron chi connectivity index (χ3n) is 5.82. The summed E-state index contributed by atoms with van der Waals surface area (Å²) >= 11 is 0. The number of carbonyl (C=O) groups excluding carboxylic acids is 2. The van der Waals surface area contributed by atoms with Gasteiger partial charge in [-0.15, -0.1) is 0 Å². The van der Waals surface area contributed by atoms with Crippen molar-refractivity contribution in [3.63, 3.8) is 0 Å². The summed E-state index contributed by atoms with van der Waals surface area (Å²) in [6.45, 7) is 4.55. The van der Waals surface area contributed by atoms with Gasteiger partial charge < -0.3 is 15.2 Å². The first kappa shape index (κ1) is 21.8. The number of nitrogens with zero attached hydrogens (tertiary/aromatic N) is 3. The van der Waals surface area contributed by atoms with E-state index < -0.39 is 18.1 Å². The Hall–Kier alpha value is -3.37. The van der Waals surface area contributed by atoms with Crippen molar-refractivity contribution < 1.29 is 27.2 Å². The van der Waals surface area contributed by atoms with E-state index in [-0.39, 0.29) is 42.1 Å². The first-order chi connectivity index (χ1) is 15.0. The van der Waals surface area contributed by atoms with Crippen molar-refractivity contribution >= 4 is 22.7 Å². The van der Waals surface area contributed by atoms with Crippen LogP contribution < -0.4 is 5.32 Å². The number of alkyl halides is 3. The van der Waals surface area contributed by atoms with Crippen LogP contribution in [0.15, 0.2) is 24.4 Å². The largest absolute Gasteiger partial charge is 0.408 e. The molecule has 1 aliphatic heterocycles. The zero-order valence-corrected chi connectivity index (χ0v) is 17.5. The molecule has 2 atom stereocenters. The second kappa shape index (κ2) is 7.64. The van der Waals surface area contributed by atoms with Gasteiger partial charge in [-0.25, -0.2) is 4.39 Å². The molecule has 170 valence electrons. The number of nitrogens with one attached hydrogen (secondary N) is 2. The Labute approximate surface area is 180 Å². The standard InChI is InChI=1S/C21H21F4N5O2/c1-10-8-30-18(14(7-26-30)19(31)27-12(3)21(23,24)25)9-29(10)20(32)17-6-13-11(2)15(22)4-5-16(13)28-17/h4-7,10,12,28H,8-9H2,1-3H3,(H,27,31)/t10?,12-/m1/s1. The van der Waals surface area contributed by atoms with Gasteiger partial charge in [-0.05, 0) is 44.5 Å². The Bertz CT molecular complexity index is 1210. The fourth-order valence-corrected chi connectivity index (χ4v) is 3.81. The summed E-state index contributed by atoms with van der Waals surface area (Å²) in [4.78, 5) is 30.2. The third-order valence-corrected chi connectivity index (χ3v) is 5.82. The molecule has 3 aromatic rings. The summed E-state index contributed by atoms with van der Waals surface area (Å²) in [7, 11) is 0. The van der Waals surface area contributed by atoms with Crippen molar-refractivity contribution in [3.05, 3.63) is 52.7 Å². The van der Waals surface area contributed by atoms with E-state index >= 15 is 0 Å². The first-order valence-electron chi connectivity index (χ1n) is 9.98. The highest BCUT2D eigenvalue weighted by atomic mass is 19.4. The van der Waals surface area contributed by atoms with Crippen molar-refractivity contribution in [2.75, 3.05) is 0 Å².